The topological polar surface area (TPSA) is 83.7 Å². The van der Waals surface area contributed by atoms with Crippen LogP contribution in [0.1, 0.15) is 6.42 Å². The molecule has 0 radical (unpaired) electrons. The van der Waals surface area contributed by atoms with Gasteiger partial charge in [-0.3, -0.25) is 4.79 Å². The zero-order valence-electron chi connectivity index (χ0n) is 10.7. The average Bonchev–Trinajstić information content (AvgIpc) is 2.52. The van der Waals surface area contributed by atoms with Gasteiger partial charge in [-0.15, -0.1) is 0 Å². The maximum absolute atomic E-state index is 12.4. The Kier molecular flexibility index (Phi) is 3.77. The molecule has 1 fully saturated rings. The molecule has 0 saturated carbocycles. The summed E-state index contributed by atoms with van der Waals surface area (Å²) < 4.78 is 26.1. The number of benzene rings is 1. The molecular formula is C12H17N3O3S. The lowest BCUT2D eigenvalue weighted by atomic mass is 10.3. The Morgan fingerprint density at radius 2 is 2.00 bits per heavy atom. The van der Waals surface area contributed by atoms with Crippen LogP contribution in [0.3, 0.4) is 0 Å². The SMILES string of the molecule is CN1CCCN(S(=O)(=O)c2cccc(N)c2)CC1=O. The van der Waals surface area contributed by atoms with E-state index in [0.717, 1.165) is 0 Å². The summed E-state index contributed by atoms with van der Waals surface area (Å²) in [7, 11) is -1.98. The number of anilines is 1. The highest BCUT2D eigenvalue weighted by atomic mass is 32.2. The number of rotatable bonds is 2. The van der Waals surface area contributed by atoms with Crippen molar-refractivity contribution in [3.05, 3.63) is 24.3 Å². The summed E-state index contributed by atoms with van der Waals surface area (Å²) in [6, 6.07) is 6.12. The van der Waals surface area contributed by atoms with Gasteiger partial charge < -0.3 is 10.6 Å². The van der Waals surface area contributed by atoms with Crippen LogP contribution in [0, 0.1) is 0 Å². The summed E-state index contributed by atoms with van der Waals surface area (Å²) in [4.78, 5) is 13.4. The lowest BCUT2D eigenvalue weighted by Gasteiger charge is -2.19. The second-order valence-electron chi connectivity index (χ2n) is 4.58. The first-order chi connectivity index (χ1) is 8.91. The Morgan fingerprint density at radius 1 is 1.26 bits per heavy atom. The van der Waals surface area contributed by atoms with Gasteiger partial charge >= 0.3 is 0 Å². The van der Waals surface area contributed by atoms with Crippen LogP contribution >= 0.6 is 0 Å². The van der Waals surface area contributed by atoms with Crippen molar-refractivity contribution in [1.82, 2.24) is 9.21 Å². The second-order valence-corrected chi connectivity index (χ2v) is 6.52. The van der Waals surface area contributed by atoms with Crippen LogP contribution in [-0.4, -0.2) is 50.2 Å². The van der Waals surface area contributed by atoms with E-state index in [0.29, 0.717) is 25.2 Å². The van der Waals surface area contributed by atoms with Crippen LogP contribution in [0.5, 0.6) is 0 Å². The molecule has 1 amide bonds. The fourth-order valence-corrected chi connectivity index (χ4v) is 3.47. The highest BCUT2D eigenvalue weighted by molar-refractivity contribution is 7.89. The summed E-state index contributed by atoms with van der Waals surface area (Å²) in [5.41, 5.74) is 6.00. The first-order valence-corrected chi connectivity index (χ1v) is 7.45. The van der Waals surface area contributed by atoms with Gasteiger partial charge in [0.05, 0.1) is 11.4 Å². The lowest BCUT2D eigenvalue weighted by Crippen LogP contribution is -2.38. The number of hydrogen-bond acceptors (Lipinski definition) is 4. The van der Waals surface area contributed by atoms with Crippen LogP contribution in [0.25, 0.3) is 0 Å². The molecule has 0 bridgehead atoms. The Labute approximate surface area is 112 Å². The van der Waals surface area contributed by atoms with Crippen molar-refractivity contribution in [2.24, 2.45) is 0 Å². The number of amides is 1. The molecule has 0 spiro atoms. The molecule has 2 N–H and O–H groups in total. The first kappa shape index (κ1) is 13.8. The fraction of sp³-hybridized carbons (Fsp3) is 0.417. The third kappa shape index (κ3) is 2.87. The Bertz CT molecular complexity index is 586. The molecule has 1 aromatic rings. The maximum Gasteiger partial charge on any atom is 0.243 e. The summed E-state index contributed by atoms with van der Waals surface area (Å²) in [6.45, 7) is 0.794. The van der Waals surface area contributed by atoms with E-state index in [2.05, 4.69) is 0 Å². The summed E-state index contributed by atoms with van der Waals surface area (Å²) >= 11 is 0. The van der Waals surface area contributed by atoms with E-state index in [1.165, 1.54) is 16.4 Å². The van der Waals surface area contributed by atoms with Crippen LogP contribution in [0.4, 0.5) is 5.69 Å². The van der Waals surface area contributed by atoms with E-state index in [1.807, 2.05) is 0 Å². The summed E-state index contributed by atoms with van der Waals surface area (Å²) in [6.07, 6.45) is 0.629. The summed E-state index contributed by atoms with van der Waals surface area (Å²) in [5, 5.41) is 0. The second kappa shape index (κ2) is 5.18. The highest BCUT2D eigenvalue weighted by Gasteiger charge is 2.29. The molecule has 0 aromatic heterocycles. The summed E-state index contributed by atoms with van der Waals surface area (Å²) in [5.74, 6) is -0.190. The molecule has 1 aliphatic heterocycles. The van der Waals surface area contributed by atoms with Crippen molar-refractivity contribution in [2.75, 3.05) is 32.4 Å². The molecule has 19 heavy (non-hydrogen) atoms. The molecule has 0 unspecified atom stereocenters. The molecule has 1 heterocycles. The van der Waals surface area contributed by atoms with Crippen molar-refractivity contribution in [3.63, 3.8) is 0 Å². The van der Waals surface area contributed by atoms with Crippen LogP contribution < -0.4 is 5.73 Å². The zero-order valence-corrected chi connectivity index (χ0v) is 11.6. The van der Waals surface area contributed by atoms with Gasteiger partial charge in [0.2, 0.25) is 15.9 Å². The number of sulfonamides is 1. The lowest BCUT2D eigenvalue weighted by molar-refractivity contribution is -0.129. The Balaban J connectivity index is 2.31. The van der Waals surface area contributed by atoms with E-state index < -0.39 is 10.0 Å². The van der Waals surface area contributed by atoms with Gasteiger partial charge in [0, 0.05) is 25.8 Å². The van der Waals surface area contributed by atoms with Crippen LogP contribution in [0.15, 0.2) is 29.2 Å². The number of hydrogen-bond donors (Lipinski definition) is 1. The van der Waals surface area contributed by atoms with E-state index in [9.17, 15) is 13.2 Å². The van der Waals surface area contributed by atoms with Gasteiger partial charge in [0.15, 0.2) is 0 Å². The average molecular weight is 283 g/mol. The molecule has 1 aliphatic rings. The van der Waals surface area contributed by atoms with Crippen molar-refractivity contribution < 1.29 is 13.2 Å². The quantitative estimate of drug-likeness (QED) is 0.782. The highest BCUT2D eigenvalue weighted by Crippen LogP contribution is 2.19. The molecule has 1 aromatic carbocycles. The molecule has 7 heteroatoms. The minimum atomic E-state index is -3.66. The smallest absolute Gasteiger partial charge is 0.243 e. The molecule has 0 atom stereocenters. The zero-order chi connectivity index (χ0) is 14.0. The van der Waals surface area contributed by atoms with Gasteiger partial charge in [-0.2, -0.15) is 4.31 Å². The molecule has 104 valence electrons. The van der Waals surface area contributed by atoms with Gasteiger partial charge in [-0.25, -0.2) is 8.42 Å². The first-order valence-electron chi connectivity index (χ1n) is 6.01. The minimum absolute atomic E-state index is 0.117. The van der Waals surface area contributed by atoms with Crippen molar-refractivity contribution in [2.45, 2.75) is 11.3 Å². The molecule has 1 saturated heterocycles. The third-order valence-electron chi connectivity index (χ3n) is 3.13. The normalized spacial score (nSPS) is 18.4. The van der Waals surface area contributed by atoms with Crippen LogP contribution in [-0.2, 0) is 14.8 Å². The van der Waals surface area contributed by atoms with Crippen LogP contribution in [0.2, 0.25) is 0 Å². The number of likely N-dealkylation sites (N-methyl/N-ethyl adjacent to an activating group) is 1. The number of nitrogen functional groups attached to an aromatic ring is 1. The Hall–Kier alpha value is -1.60. The van der Waals surface area contributed by atoms with E-state index in [1.54, 1.807) is 24.1 Å². The van der Waals surface area contributed by atoms with E-state index >= 15 is 0 Å². The van der Waals surface area contributed by atoms with Crippen molar-refractivity contribution in [3.8, 4) is 0 Å². The van der Waals surface area contributed by atoms with Crippen molar-refractivity contribution in [1.29, 1.82) is 0 Å². The van der Waals surface area contributed by atoms with E-state index in [-0.39, 0.29) is 17.3 Å². The van der Waals surface area contributed by atoms with Gasteiger partial charge in [-0.1, -0.05) is 6.07 Å². The van der Waals surface area contributed by atoms with Crippen molar-refractivity contribution >= 4 is 21.6 Å². The maximum atomic E-state index is 12.4. The number of nitrogens with two attached hydrogens (primary N) is 1. The predicted molar refractivity (Wildman–Crippen MR) is 71.9 cm³/mol. The van der Waals surface area contributed by atoms with E-state index in [4.69, 9.17) is 5.73 Å². The molecule has 6 nitrogen and oxygen atoms in total. The molecule has 0 aliphatic carbocycles. The number of carbonyl (C=O) groups is 1. The third-order valence-corrected chi connectivity index (χ3v) is 4.98. The predicted octanol–water partition coefficient (Wildman–Crippen LogP) is 0.122. The Morgan fingerprint density at radius 3 is 2.68 bits per heavy atom. The fourth-order valence-electron chi connectivity index (χ4n) is 1.99. The number of carbonyl (C=O) groups excluding carboxylic acids is 1. The molecular weight excluding hydrogens is 266 g/mol. The van der Waals surface area contributed by atoms with Gasteiger partial charge in [0.25, 0.3) is 0 Å². The van der Waals surface area contributed by atoms with Gasteiger partial charge in [-0.05, 0) is 24.6 Å². The monoisotopic (exact) mass is 283 g/mol. The molecule has 2 rings (SSSR count). The number of nitrogens with zero attached hydrogens (tertiary/aromatic N) is 2. The van der Waals surface area contributed by atoms with Gasteiger partial charge in [0.1, 0.15) is 0 Å². The minimum Gasteiger partial charge on any atom is -0.399 e. The standard InChI is InChI=1S/C12H17N3O3S/c1-14-6-3-7-15(9-12(14)16)19(17,18)11-5-2-4-10(13)8-11/h2,4-5,8H,3,6-7,9,13H2,1H3. The largest absolute Gasteiger partial charge is 0.399 e.